The summed E-state index contributed by atoms with van der Waals surface area (Å²) in [6.07, 6.45) is 0. The predicted molar refractivity (Wildman–Crippen MR) is 77.4 cm³/mol. The molecule has 1 N–H and O–H groups in total. The van der Waals surface area contributed by atoms with E-state index in [-0.39, 0.29) is 0 Å². The molecule has 2 aromatic rings. The number of thiophene rings is 1. The Hall–Kier alpha value is -1.32. The van der Waals surface area contributed by atoms with Crippen molar-refractivity contribution in [3.63, 3.8) is 0 Å². The monoisotopic (exact) mass is 261 g/mol. The molecule has 0 saturated heterocycles. The van der Waals surface area contributed by atoms with Crippen molar-refractivity contribution in [2.24, 2.45) is 0 Å². The first-order valence-corrected chi connectivity index (χ1v) is 7.02. The molecule has 96 valence electrons. The zero-order valence-corrected chi connectivity index (χ0v) is 11.7. The molecule has 0 aliphatic carbocycles. The van der Waals surface area contributed by atoms with Crippen molar-refractivity contribution >= 4 is 11.3 Å². The molecule has 2 rings (SSSR count). The smallest absolute Gasteiger partial charge is 0.122 e. The number of ether oxygens (including phenoxy) is 1. The Morgan fingerprint density at radius 3 is 2.67 bits per heavy atom. The van der Waals surface area contributed by atoms with E-state index in [4.69, 9.17) is 4.74 Å². The summed E-state index contributed by atoms with van der Waals surface area (Å²) < 4.78 is 5.72. The van der Waals surface area contributed by atoms with Crippen LogP contribution in [0.3, 0.4) is 0 Å². The third-order valence-electron chi connectivity index (χ3n) is 2.73. The zero-order chi connectivity index (χ0) is 12.8. The topological polar surface area (TPSA) is 21.3 Å². The Morgan fingerprint density at radius 2 is 1.94 bits per heavy atom. The summed E-state index contributed by atoms with van der Waals surface area (Å²) in [6.45, 7) is 6.70. The molecule has 0 aliphatic heterocycles. The molecule has 0 unspecified atom stereocenters. The van der Waals surface area contributed by atoms with Gasteiger partial charge in [-0.2, -0.15) is 0 Å². The van der Waals surface area contributed by atoms with Gasteiger partial charge < -0.3 is 10.1 Å². The molecule has 0 amide bonds. The molecule has 0 bridgehead atoms. The van der Waals surface area contributed by atoms with Crippen molar-refractivity contribution < 1.29 is 4.74 Å². The van der Waals surface area contributed by atoms with Gasteiger partial charge in [-0.15, -0.1) is 11.3 Å². The van der Waals surface area contributed by atoms with Gasteiger partial charge in [0.2, 0.25) is 0 Å². The number of rotatable bonds is 6. The van der Waals surface area contributed by atoms with E-state index in [0.29, 0.717) is 6.61 Å². The lowest BCUT2D eigenvalue weighted by molar-refractivity contribution is 0.312. The van der Waals surface area contributed by atoms with Crippen LogP contribution in [0.2, 0.25) is 0 Å². The van der Waals surface area contributed by atoms with Crippen LogP contribution < -0.4 is 10.1 Å². The van der Waals surface area contributed by atoms with Gasteiger partial charge in [-0.3, -0.25) is 0 Å². The van der Waals surface area contributed by atoms with Gasteiger partial charge in [-0.1, -0.05) is 18.2 Å². The van der Waals surface area contributed by atoms with Gasteiger partial charge in [0.05, 0.1) is 0 Å². The Balaban J connectivity index is 1.66. The minimum atomic E-state index is 0.704. The molecule has 2 nitrogen and oxygen atoms in total. The number of hydrogen-bond donors (Lipinski definition) is 1. The van der Waals surface area contributed by atoms with Gasteiger partial charge in [0.25, 0.3) is 0 Å². The third kappa shape index (κ3) is 3.86. The number of para-hydroxylation sites is 1. The Bertz CT molecular complexity index is 493. The maximum atomic E-state index is 5.72. The van der Waals surface area contributed by atoms with E-state index in [1.807, 2.05) is 29.5 Å². The van der Waals surface area contributed by atoms with Crippen molar-refractivity contribution in [2.45, 2.75) is 20.4 Å². The summed E-state index contributed by atoms with van der Waals surface area (Å²) >= 11 is 1.84. The van der Waals surface area contributed by atoms with Gasteiger partial charge in [-0.05, 0) is 37.6 Å². The number of hydrogen-bond acceptors (Lipinski definition) is 3. The lowest BCUT2D eigenvalue weighted by Gasteiger charge is -2.09. The van der Waals surface area contributed by atoms with Crippen molar-refractivity contribution in [2.75, 3.05) is 13.2 Å². The van der Waals surface area contributed by atoms with Crippen LogP contribution in [0.4, 0.5) is 0 Å². The zero-order valence-electron chi connectivity index (χ0n) is 10.9. The van der Waals surface area contributed by atoms with Crippen LogP contribution in [-0.2, 0) is 6.54 Å². The largest absolute Gasteiger partial charge is 0.492 e. The van der Waals surface area contributed by atoms with Gasteiger partial charge in [0, 0.05) is 22.8 Å². The molecule has 0 saturated carbocycles. The van der Waals surface area contributed by atoms with Crippen molar-refractivity contribution in [3.05, 3.63) is 51.7 Å². The summed E-state index contributed by atoms with van der Waals surface area (Å²) in [5.74, 6) is 0.978. The highest BCUT2D eigenvalue weighted by atomic mass is 32.1. The molecule has 1 aromatic carbocycles. The van der Waals surface area contributed by atoms with Gasteiger partial charge in [0.1, 0.15) is 12.4 Å². The van der Waals surface area contributed by atoms with Gasteiger partial charge in [-0.25, -0.2) is 0 Å². The second kappa shape index (κ2) is 6.57. The van der Waals surface area contributed by atoms with E-state index < -0.39 is 0 Å². The molecule has 18 heavy (non-hydrogen) atoms. The van der Waals surface area contributed by atoms with Crippen LogP contribution in [0.25, 0.3) is 0 Å². The maximum absolute atomic E-state index is 5.72. The molecule has 0 spiro atoms. The minimum Gasteiger partial charge on any atom is -0.492 e. The first kappa shape index (κ1) is 13.1. The van der Waals surface area contributed by atoms with E-state index in [2.05, 4.69) is 37.4 Å². The molecular formula is C15H19NOS. The van der Waals surface area contributed by atoms with Crippen LogP contribution in [0.15, 0.2) is 36.4 Å². The molecular weight excluding hydrogens is 242 g/mol. The summed E-state index contributed by atoms with van der Waals surface area (Å²) in [7, 11) is 0. The lowest BCUT2D eigenvalue weighted by Crippen LogP contribution is -2.20. The third-order valence-corrected chi connectivity index (χ3v) is 3.73. The van der Waals surface area contributed by atoms with Gasteiger partial charge in [0.15, 0.2) is 0 Å². The van der Waals surface area contributed by atoms with Crippen LogP contribution in [0, 0.1) is 13.8 Å². The van der Waals surface area contributed by atoms with E-state index in [1.54, 1.807) is 0 Å². The van der Waals surface area contributed by atoms with E-state index in [9.17, 15) is 0 Å². The first-order chi connectivity index (χ1) is 8.75. The summed E-state index contributed by atoms with van der Waals surface area (Å²) in [5.41, 5.74) is 1.19. The lowest BCUT2D eigenvalue weighted by atomic mass is 10.2. The summed E-state index contributed by atoms with van der Waals surface area (Å²) in [5, 5.41) is 3.39. The van der Waals surface area contributed by atoms with E-state index in [1.165, 1.54) is 15.3 Å². The van der Waals surface area contributed by atoms with Gasteiger partial charge >= 0.3 is 0 Å². The molecule has 0 radical (unpaired) electrons. The summed E-state index contributed by atoms with van der Waals surface area (Å²) in [6, 6.07) is 12.4. The molecule has 0 aliphatic rings. The molecule has 1 heterocycles. The van der Waals surface area contributed by atoms with Crippen LogP contribution in [-0.4, -0.2) is 13.2 Å². The molecule has 0 atom stereocenters. The molecule has 0 fully saturated rings. The van der Waals surface area contributed by atoms with E-state index in [0.717, 1.165) is 18.8 Å². The Labute approximate surface area is 113 Å². The highest BCUT2D eigenvalue weighted by molar-refractivity contribution is 7.11. The second-order valence-corrected chi connectivity index (χ2v) is 5.68. The molecule has 3 heteroatoms. The standard InChI is InChI=1S/C15H19NOS/c1-12-5-3-4-6-15(12)17-10-9-16-11-14-8-7-13(2)18-14/h3-8,16H,9-11H2,1-2H3. The second-order valence-electron chi connectivity index (χ2n) is 4.30. The summed E-state index contributed by atoms with van der Waals surface area (Å²) in [4.78, 5) is 2.74. The minimum absolute atomic E-state index is 0.704. The highest BCUT2D eigenvalue weighted by Crippen LogP contribution is 2.16. The van der Waals surface area contributed by atoms with Crippen LogP contribution in [0.1, 0.15) is 15.3 Å². The fraction of sp³-hybridized carbons (Fsp3) is 0.333. The Kier molecular flexibility index (Phi) is 4.79. The SMILES string of the molecule is Cc1ccc(CNCCOc2ccccc2C)s1. The number of benzene rings is 1. The first-order valence-electron chi connectivity index (χ1n) is 6.20. The van der Waals surface area contributed by atoms with Crippen LogP contribution in [0.5, 0.6) is 5.75 Å². The average Bonchev–Trinajstić information content (AvgIpc) is 2.77. The number of nitrogens with one attached hydrogen (secondary N) is 1. The quantitative estimate of drug-likeness (QED) is 0.803. The normalized spacial score (nSPS) is 10.6. The highest BCUT2D eigenvalue weighted by Gasteiger charge is 1.98. The Morgan fingerprint density at radius 1 is 1.11 bits per heavy atom. The average molecular weight is 261 g/mol. The fourth-order valence-electron chi connectivity index (χ4n) is 1.74. The number of aryl methyl sites for hydroxylation is 2. The van der Waals surface area contributed by atoms with Crippen molar-refractivity contribution in [1.82, 2.24) is 5.32 Å². The van der Waals surface area contributed by atoms with E-state index >= 15 is 0 Å². The maximum Gasteiger partial charge on any atom is 0.122 e. The predicted octanol–water partition coefficient (Wildman–Crippen LogP) is 3.53. The van der Waals surface area contributed by atoms with Crippen molar-refractivity contribution in [3.8, 4) is 5.75 Å². The molecule has 1 aromatic heterocycles. The fourth-order valence-corrected chi connectivity index (χ4v) is 2.60. The van der Waals surface area contributed by atoms with Crippen molar-refractivity contribution in [1.29, 1.82) is 0 Å². The van der Waals surface area contributed by atoms with Crippen LogP contribution >= 0.6 is 11.3 Å².